The zero-order valence-electron chi connectivity index (χ0n) is 13.7. The second-order valence-corrected chi connectivity index (χ2v) is 6.50. The van der Waals surface area contributed by atoms with Crippen LogP contribution in [-0.2, 0) is 11.3 Å². The summed E-state index contributed by atoms with van der Waals surface area (Å²) in [6, 6.07) is 3.53. The van der Waals surface area contributed by atoms with Crippen LogP contribution in [-0.4, -0.2) is 51.5 Å². The Hall–Kier alpha value is -2.15. The number of carbonyl (C=O) groups excluding carboxylic acids is 1. The molecule has 7 heteroatoms. The molecule has 0 saturated carbocycles. The van der Waals surface area contributed by atoms with Crippen LogP contribution in [0.2, 0.25) is 0 Å². The summed E-state index contributed by atoms with van der Waals surface area (Å²) >= 11 is 0. The minimum atomic E-state index is -0.0594. The van der Waals surface area contributed by atoms with Crippen molar-refractivity contribution in [2.24, 2.45) is 0 Å². The average Bonchev–Trinajstić information content (AvgIpc) is 3.36. The maximum atomic E-state index is 12.8. The van der Waals surface area contributed by atoms with E-state index >= 15 is 0 Å². The van der Waals surface area contributed by atoms with Crippen molar-refractivity contribution in [1.82, 2.24) is 19.9 Å². The van der Waals surface area contributed by atoms with Gasteiger partial charge in [-0.1, -0.05) is 11.6 Å². The molecule has 2 aromatic heterocycles. The van der Waals surface area contributed by atoms with Crippen LogP contribution in [0.3, 0.4) is 0 Å². The number of aromatic nitrogens is 2. The Bertz CT molecular complexity index is 676. The Labute approximate surface area is 140 Å². The van der Waals surface area contributed by atoms with E-state index in [4.69, 9.17) is 8.94 Å². The lowest BCUT2D eigenvalue weighted by Crippen LogP contribution is -2.49. The molecule has 24 heavy (non-hydrogen) atoms. The van der Waals surface area contributed by atoms with Crippen LogP contribution in [0.15, 0.2) is 27.3 Å². The molecular weight excluding hydrogens is 308 g/mol. The maximum absolute atomic E-state index is 12.8. The van der Waals surface area contributed by atoms with Crippen molar-refractivity contribution < 1.29 is 13.7 Å². The molecule has 1 atom stereocenters. The highest BCUT2D eigenvalue weighted by molar-refractivity contribution is 5.82. The van der Waals surface area contributed by atoms with Gasteiger partial charge in [-0.2, -0.15) is 4.98 Å². The predicted molar refractivity (Wildman–Crippen MR) is 85.9 cm³/mol. The van der Waals surface area contributed by atoms with Gasteiger partial charge in [-0.3, -0.25) is 9.69 Å². The van der Waals surface area contributed by atoms with Gasteiger partial charge in [0.15, 0.2) is 5.76 Å². The van der Waals surface area contributed by atoms with Gasteiger partial charge in [-0.25, -0.2) is 0 Å². The topological polar surface area (TPSA) is 75.6 Å². The molecule has 2 aliphatic heterocycles. The summed E-state index contributed by atoms with van der Waals surface area (Å²) < 4.78 is 10.6. The highest BCUT2D eigenvalue weighted by Crippen LogP contribution is 2.23. The number of nitrogens with zero attached hydrogens (tertiary/aromatic N) is 4. The Morgan fingerprint density at radius 2 is 2.04 bits per heavy atom. The van der Waals surface area contributed by atoms with E-state index in [9.17, 15) is 4.79 Å². The molecule has 1 amide bonds. The maximum Gasteiger partial charge on any atom is 0.241 e. The summed E-state index contributed by atoms with van der Waals surface area (Å²) in [5, 5.41) is 3.97. The number of rotatable bonds is 4. The zero-order chi connectivity index (χ0) is 16.4. The van der Waals surface area contributed by atoms with E-state index in [2.05, 4.69) is 15.0 Å². The van der Waals surface area contributed by atoms with Crippen LogP contribution in [0.1, 0.15) is 38.0 Å². The minimum Gasteiger partial charge on any atom is -0.461 e. The number of piperidine rings is 1. The van der Waals surface area contributed by atoms with Crippen LogP contribution < -0.4 is 0 Å². The number of furan rings is 1. The van der Waals surface area contributed by atoms with Crippen LogP contribution in [0.4, 0.5) is 0 Å². The number of hydrogen-bond acceptors (Lipinski definition) is 6. The van der Waals surface area contributed by atoms with Gasteiger partial charge in [0.1, 0.15) is 0 Å². The largest absolute Gasteiger partial charge is 0.461 e. The van der Waals surface area contributed by atoms with E-state index in [0.717, 1.165) is 51.7 Å². The predicted octanol–water partition coefficient (Wildman–Crippen LogP) is 2.31. The molecule has 4 heterocycles. The van der Waals surface area contributed by atoms with Crippen LogP contribution in [0.25, 0.3) is 11.6 Å². The van der Waals surface area contributed by atoms with E-state index in [1.807, 2.05) is 4.90 Å². The van der Waals surface area contributed by atoms with Gasteiger partial charge in [0.05, 0.1) is 18.8 Å². The molecule has 128 valence electrons. The van der Waals surface area contributed by atoms with Gasteiger partial charge < -0.3 is 13.8 Å². The average molecular weight is 330 g/mol. The summed E-state index contributed by atoms with van der Waals surface area (Å²) in [7, 11) is 0. The van der Waals surface area contributed by atoms with Gasteiger partial charge in [-0.05, 0) is 44.4 Å². The Balaban J connectivity index is 1.46. The number of carbonyl (C=O) groups is 1. The summed E-state index contributed by atoms with van der Waals surface area (Å²) in [6.07, 6.45) is 6.93. The molecular formula is C17H22N4O3. The monoisotopic (exact) mass is 330 g/mol. The van der Waals surface area contributed by atoms with Crippen molar-refractivity contribution in [2.45, 2.75) is 44.7 Å². The molecule has 0 bridgehead atoms. The highest BCUT2D eigenvalue weighted by atomic mass is 16.5. The number of amides is 1. The van der Waals surface area contributed by atoms with Crippen molar-refractivity contribution >= 4 is 5.91 Å². The SMILES string of the molecule is O=C([C@@H]1CCCCN1Cc1nc(-c2ccco2)no1)N1CCCC1. The summed E-state index contributed by atoms with van der Waals surface area (Å²) in [4.78, 5) is 21.4. The first-order chi connectivity index (χ1) is 11.8. The van der Waals surface area contributed by atoms with Crippen molar-refractivity contribution in [2.75, 3.05) is 19.6 Å². The molecule has 2 aromatic rings. The van der Waals surface area contributed by atoms with Crippen molar-refractivity contribution in [3.05, 3.63) is 24.3 Å². The first-order valence-corrected chi connectivity index (χ1v) is 8.70. The molecule has 2 saturated heterocycles. The highest BCUT2D eigenvalue weighted by Gasteiger charge is 2.33. The fourth-order valence-corrected chi connectivity index (χ4v) is 3.61. The van der Waals surface area contributed by atoms with Crippen LogP contribution >= 0.6 is 0 Å². The van der Waals surface area contributed by atoms with Gasteiger partial charge in [-0.15, -0.1) is 0 Å². The van der Waals surface area contributed by atoms with E-state index in [1.54, 1.807) is 18.4 Å². The zero-order valence-corrected chi connectivity index (χ0v) is 13.7. The second kappa shape index (κ2) is 6.76. The van der Waals surface area contributed by atoms with E-state index < -0.39 is 0 Å². The van der Waals surface area contributed by atoms with E-state index in [1.165, 1.54) is 0 Å². The van der Waals surface area contributed by atoms with Gasteiger partial charge in [0.2, 0.25) is 17.6 Å². The quantitative estimate of drug-likeness (QED) is 0.856. The van der Waals surface area contributed by atoms with Gasteiger partial charge >= 0.3 is 0 Å². The molecule has 0 radical (unpaired) electrons. The molecule has 0 aromatic carbocycles. The smallest absolute Gasteiger partial charge is 0.241 e. The molecule has 0 unspecified atom stereocenters. The van der Waals surface area contributed by atoms with Crippen molar-refractivity contribution in [3.8, 4) is 11.6 Å². The van der Waals surface area contributed by atoms with Crippen LogP contribution in [0, 0.1) is 0 Å². The molecule has 4 rings (SSSR count). The number of likely N-dealkylation sites (tertiary alicyclic amines) is 2. The van der Waals surface area contributed by atoms with E-state index in [0.29, 0.717) is 24.0 Å². The summed E-state index contributed by atoms with van der Waals surface area (Å²) in [6.45, 7) is 3.19. The minimum absolute atomic E-state index is 0.0594. The normalized spacial score (nSPS) is 22.2. The van der Waals surface area contributed by atoms with Crippen LogP contribution in [0.5, 0.6) is 0 Å². The molecule has 2 aliphatic rings. The Kier molecular flexibility index (Phi) is 4.34. The summed E-state index contributed by atoms with van der Waals surface area (Å²) in [5.41, 5.74) is 0. The third-order valence-electron chi connectivity index (χ3n) is 4.86. The Morgan fingerprint density at radius 3 is 2.83 bits per heavy atom. The third-order valence-corrected chi connectivity index (χ3v) is 4.86. The second-order valence-electron chi connectivity index (χ2n) is 6.50. The van der Waals surface area contributed by atoms with E-state index in [-0.39, 0.29) is 11.9 Å². The lowest BCUT2D eigenvalue weighted by atomic mass is 10.0. The molecule has 2 fully saturated rings. The first-order valence-electron chi connectivity index (χ1n) is 8.70. The number of hydrogen-bond donors (Lipinski definition) is 0. The van der Waals surface area contributed by atoms with Crippen molar-refractivity contribution in [3.63, 3.8) is 0 Å². The third kappa shape index (κ3) is 3.08. The van der Waals surface area contributed by atoms with Crippen molar-refractivity contribution in [1.29, 1.82) is 0 Å². The van der Waals surface area contributed by atoms with Gasteiger partial charge in [0.25, 0.3) is 0 Å². The standard InChI is InChI=1S/C17H22N4O3/c22-17(20-8-3-4-9-20)13-6-1-2-10-21(13)12-15-18-16(19-24-15)14-7-5-11-23-14/h5,7,11,13H,1-4,6,8-10,12H2/t13-/m0/s1. The summed E-state index contributed by atoms with van der Waals surface area (Å²) in [5.74, 6) is 1.84. The first kappa shape index (κ1) is 15.4. The lowest BCUT2D eigenvalue weighted by molar-refractivity contribution is -0.137. The fourth-order valence-electron chi connectivity index (χ4n) is 3.61. The fraction of sp³-hybridized carbons (Fsp3) is 0.588. The molecule has 0 N–H and O–H groups in total. The molecule has 0 spiro atoms. The molecule has 7 nitrogen and oxygen atoms in total. The molecule has 0 aliphatic carbocycles. The Morgan fingerprint density at radius 1 is 1.21 bits per heavy atom. The lowest BCUT2D eigenvalue weighted by Gasteiger charge is -2.35. The van der Waals surface area contributed by atoms with Gasteiger partial charge in [0, 0.05) is 13.1 Å².